The first kappa shape index (κ1) is 8.94. The van der Waals surface area contributed by atoms with E-state index in [1.165, 1.54) is 7.11 Å². The lowest BCUT2D eigenvalue weighted by Crippen LogP contribution is -2.02. The van der Waals surface area contributed by atoms with Gasteiger partial charge in [-0.1, -0.05) is 0 Å². The van der Waals surface area contributed by atoms with Crippen LogP contribution >= 0.6 is 0 Å². The van der Waals surface area contributed by atoms with Gasteiger partial charge in [-0.25, -0.2) is 0 Å². The summed E-state index contributed by atoms with van der Waals surface area (Å²) >= 11 is 0. The molecule has 60 valence electrons. The molecule has 0 bridgehead atoms. The summed E-state index contributed by atoms with van der Waals surface area (Å²) in [5.41, 5.74) is 0. The number of carboxylic acid groups (broad SMARTS) is 1. The van der Waals surface area contributed by atoms with E-state index < -0.39 is 5.97 Å². The van der Waals surface area contributed by atoms with E-state index in [2.05, 4.69) is 4.74 Å². The minimum absolute atomic E-state index is 0. The van der Waals surface area contributed by atoms with Crippen LogP contribution in [0.3, 0.4) is 0 Å². The third-order valence-electron chi connectivity index (χ3n) is 0.999. The molecule has 0 aliphatic rings. The molecule has 4 heteroatoms. The van der Waals surface area contributed by atoms with Gasteiger partial charge in [0.1, 0.15) is 0 Å². The Kier molecular flexibility index (Phi) is 4.28. The Bertz CT molecular complexity index is 135. The Morgan fingerprint density at radius 3 is 2.50 bits per heavy atom. The first-order valence-corrected chi connectivity index (χ1v) is 2.95. The molecule has 0 aromatic rings. The van der Waals surface area contributed by atoms with Crippen molar-refractivity contribution in [1.29, 1.82) is 0 Å². The van der Waals surface area contributed by atoms with E-state index in [0.717, 1.165) is 0 Å². The second kappa shape index (κ2) is 4.78. The molecule has 0 aromatic carbocycles. The van der Waals surface area contributed by atoms with Crippen LogP contribution in [0.4, 0.5) is 0 Å². The summed E-state index contributed by atoms with van der Waals surface area (Å²) in [5.74, 6) is -1.25. The second-order valence-electron chi connectivity index (χ2n) is 1.82. The predicted octanol–water partition coefficient (Wildman–Crippen LogP) is 0.660. The molecule has 0 fully saturated rings. The lowest BCUT2D eigenvalue weighted by Gasteiger charge is -1.94. The van der Waals surface area contributed by atoms with Gasteiger partial charge in [-0.3, -0.25) is 9.59 Å². The quantitative estimate of drug-likeness (QED) is 0.596. The van der Waals surface area contributed by atoms with Gasteiger partial charge >= 0.3 is 11.9 Å². The fourth-order valence-electron chi connectivity index (χ4n) is 0.486. The molecular formula is C6H12O4. The van der Waals surface area contributed by atoms with Crippen molar-refractivity contribution in [3.63, 3.8) is 0 Å². The largest absolute Gasteiger partial charge is 0.481 e. The number of carbonyl (C=O) groups is 2. The van der Waals surface area contributed by atoms with Gasteiger partial charge in [0.05, 0.1) is 7.11 Å². The fraction of sp³-hybridized carbons (Fsp3) is 0.667. The number of ether oxygens (including phenoxy) is 1. The van der Waals surface area contributed by atoms with Crippen LogP contribution in [-0.2, 0) is 14.3 Å². The number of rotatable bonds is 4. The molecule has 0 radical (unpaired) electrons. The van der Waals surface area contributed by atoms with E-state index in [1.54, 1.807) is 0 Å². The van der Waals surface area contributed by atoms with E-state index >= 15 is 0 Å². The molecule has 0 unspecified atom stereocenters. The maximum absolute atomic E-state index is 10.4. The van der Waals surface area contributed by atoms with Crippen molar-refractivity contribution in [3.05, 3.63) is 0 Å². The Morgan fingerprint density at radius 1 is 1.50 bits per heavy atom. The minimum Gasteiger partial charge on any atom is -0.481 e. The first-order valence-electron chi connectivity index (χ1n) is 2.95. The third-order valence-corrected chi connectivity index (χ3v) is 0.999. The summed E-state index contributed by atoms with van der Waals surface area (Å²) in [5, 5.41) is 8.15. The summed E-state index contributed by atoms with van der Waals surface area (Å²) in [7, 11) is 1.28. The molecule has 4 nitrogen and oxygen atoms in total. The number of hydrogen-bond donors (Lipinski definition) is 1. The molecule has 0 aliphatic carbocycles. The van der Waals surface area contributed by atoms with Gasteiger partial charge in [0, 0.05) is 14.3 Å². The lowest BCUT2D eigenvalue weighted by atomic mass is 10.2. The van der Waals surface area contributed by atoms with Crippen molar-refractivity contribution >= 4 is 11.9 Å². The van der Waals surface area contributed by atoms with Gasteiger partial charge in [-0.05, 0) is 6.42 Å². The summed E-state index contributed by atoms with van der Waals surface area (Å²) in [4.78, 5) is 20.3. The van der Waals surface area contributed by atoms with E-state index in [9.17, 15) is 9.59 Å². The van der Waals surface area contributed by atoms with Crippen LogP contribution in [0.1, 0.15) is 20.7 Å². The first-order chi connectivity index (χ1) is 4.66. The molecule has 0 aromatic heterocycles. The molecule has 0 amide bonds. The number of hydrogen-bond acceptors (Lipinski definition) is 3. The van der Waals surface area contributed by atoms with E-state index in [4.69, 9.17) is 5.11 Å². The molecule has 0 spiro atoms. The Labute approximate surface area is 60.3 Å². The monoisotopic (exact) mass is 149 g/mol. The van der Waals surface area contributed by atoms with Gasteiger partial charge in [-0.2, -0.15) is 0 Å². The molecule has 1 N–H and O–H groups in total. The van der Waals surface area contributed by atoms with Crippen LogP contribution in [0.2, 0.25) is 0 Å². The molecular weight excluding hydrogens is 136 g/mol. The van der Waals surface area contributed by atoms with Gasteiger partial charge in [0.15, 0.2) is 0 Å². The SMILES string of the molecule is COC(=O)CCCC(=O)O.[2HH]. The zero-order valence-corrected chi connectivity index (χ0v) is 5.79. The number of esters is 1. The summed E-state index contributed by atoms with van der Waals surface area (Å²) in [6, 6.07) is 0. The van der Waals surface area contributed by atoms with E-state index in [0.29, 0.717) is 6.42 Å². The van der Waals surface area contributed by atoms with Crippen molar-refractivity contribution in [2.75, 3.05) is 7.11 Å². The van der Waals surface area contributed by atoms with E-state index in [-0.39, 0.29) is 20.2 Å². The number of carboxylic acids is 1. The summed E-state index contributed by atoms with van der Waals surface area (Å²) in [6.45, 7) is 0. The van der Waals surface area contributed by atoms with Gasteiger partial charge < -0.3 is 9.84 Å². The second-order valence-corrected chi connectivity index (χ2v) is 1.82. The average Bonchev–Trinajstić information content (AvgIpc) is 1.87. The molecule has 0 aliphatic heterocycles. The summed E-state index contributed by atoms with van der Waals surface area (Å²) < 4.78 is 4.30. The number of methoxy groups -OCH3 is 1. The zero-order valence-electron chi connectivity index (χ0n) is 5.79. The Hall–Kier alpha value is -1.06. The Morgan fingerprint density at radius 2 is 2.10 bits per heavy atom. The molecule has 10 heavy (non-hydrogen) atoms. The van der Waals surface area contributed by atoms with Crippen LogP contribution in [0.25, 0.3) is 0 Å². The zero-order chi connectivity index (χ0) is 7.98. The normalized spacial score (nSPS) is 8.90. The van der Waals surface area contributed by atoms with Crippen molar-refractivity contribution in [2.45, 2.75) is 19.3 Å². The number of aliphatic carboxylic acids is 1. The van der Waals surface area contributed by atoms with Crippen molar-refractivity contribution in [2.24, 2.45) is 0 Å². The predicted molar refractivity (Wildman–Crippen MR) is 35.6 cm³/mol. The highest BCUT2D eigenvalue weighted by Crippen LogP contribution is 1.95. The highest BCUT2D eigenvalue weighted by molar-refractivity contribution is 5.71. The van der Waals surface area contributed by atoms with Crippen LogP contribution in [0, 0.1) is 0 Å². The summed E-state index contributed by atoms with van der Waals surface area (Å²) in [6.07, 6.45) is 0.555. The molecule has 0 heterocycles. The smallest absolute Gasteiger partial charge is 0.305 e. The molecule has 0 saturated carbocycles. The van der Waals surface area contributed by atoms with Crippen LogP contribution in [-0.4, -0.2) is 24.2 Å². The van der Waals surface area contributed by atoms with Gasteiger partial charge in [0.25, 0.3) is 0 Å². The highest BCUT2D eigenvalue weighted by Gasteiger charge is 2.01. The highest BCUT2D eigenvalue weighted by atomic mass is 16.5. The minimum atomic E-state index is -0.885. The van der Waals surface area contributed by atoms with Crippen LogP contribution < -0.4 is 0 Å². The molecule has 0 atom stereocenters. The van der Waals surface area contributed by atoms with Crippen molar-refractivity contribution < 1.29 is 20.9 Å². The molecule has 0 saturated heterocycles. The Balaban J connectivity index is 0. The molecule has 0 rings (SSSR count). The van der Waals surface area contributed by atoms with E-state index in [1.807, 2.05) is 0 Å². The average molecular weight is 149 g/mol. The van der Waals surface area contributed by atoms with Crippen LogP contribution in [0.5, 0.6) is 0 Å². The van der Waals surface area contributed by atoms with Crippen molar-refractivity contribution in [3.8, 4) is 0 Å². The van der Waals surface area contributed by atoms with Gasteiger partial charge in [0.2, 0.25) is 0 Å². The van der Waals surface area contributed by atoms with Crippen molar-refractivity contribution in [1.82, 2.24) is 0 Å². The van der Waals surface area contributed by atoms with Crippen LogP contribution in [0.15, 0.2) is 0 Å². The fourth-order valence-corrected chi connectivity index (χ4v) is 0.486. The third kappa shape index (κ3) is 5.08. The standard InChI is InChI=1S/C6H10O4.H2/c1-10-6(9)4-2-3-5(7)8;/h2-4H2,1H3,(H,7,8);1H/i;1+1. The lowest BCUT2D eigenvalue weighted by molar-refractivity contribution is -0.141. The topological polar surface area (TPSA) is 63.6 Å². The maximum atomic E-state index is 10.4. The van der Waals surface area contributed by atoms with Gasteiger partial charge in [-0.15, -0.1) is 0 Å². The number of carbonyl (C=O) groups excluding carboxylic acids is 1. The maximum Gasteiger partial charge on any atom is 0.305 e.